The molecule has 1 aromatic carbocycles. The first-order valence-electron chi connectivity index (χ1n) is 6.14. The Bertz CT molecular complexity index is 573. The number of thiophene rings is 1. The number of aryl methyl sites for hydroxylation is 1. The van der Waals surface area contributed by atoms with Gasteiger partial charge in [0.1, 0.15) is 0 Å². The van der Waals surface area contributed by atoms with Crippen molar-refractivity contribution >= 4 is 23.1 Å². The van der Waals surface area contributed by atoms with E-state index in [1.54, 1.807) is 11.3 Å². The molecule has 0 saturated carbocycles. The molecule has 0 atom stereocenters. The average molecular weight is 288 g/mol. The van der Waals surface area contributed by atoms with Crippen molar-refractivity contribution in [2.24, 2.45) is 0 Å². The van der Waals surface area contributed by atoms with Gasteiger partial charge in [0.2, 0.25) is 0 Å². The van der Waals surface area contributed by atoms with Crippen molar-refractivity contribution in [3.8, 4) is 11.8 Å². The molecule has 0 aliphatic rings. The fraction of sp³-hybridized carbons (Fsp3) is 0.250. The van der Waals surface area contributed by atoms with Crippen LogP contribution in [0.15, 0.2) is 40.6 Å². The predicted octanol–water partition coefficient (Wildman–Crippen LogP) is 4.08. The summed E-state index contributed by atoms with van der Waals surface area (Å²) in [4.78, 5) is 2.63. The van der Waals surface area contributed by atoms with Crippen molar-refractivity contribution in [3.05, 3.63) is 51.7 Å². The van der Waals surface area contributed by atoms with Crippen molar-refractivity contribution < 1.29 is 5.11 Å². The van der Waals surface area contributed by atoms with Gasteiger partial charge in [0.15, 0.2) is 0 Å². The number of hydrogen-bond donors (Lipinski definition) is 1. The third-order valence-corrected chi connectivity index (χ3v) is 4.71. The van der Waals surface area contributed by atoms with E-state index in [1.165, 1.54) is 15.3 Å². The van der Waals surface area contributed by atoms with E-state index in [4.69, 9.17) is 5.11 Å². The van der Waals surface area contributed by atoms with Crippen LogP contribution in [0.25, 0.3) is 0 Å². The highest BCUT2D eigenvalue weighted by molar-refractivity contribution is 7.98. The standard InChI is InChI=1S/C16H16OS2/c1-13-5-7-15(8-6-13)19-12-16-10-14(11-18-16)4-2-3-9-17/h5-8,10-11,17H,3,9,12H2,1H3. The van der Waals surface area contributed by atoms with Crippen LogP contribution in [0, 0.1) is 18.8 Å². The minimum atomic E-state index is 0.132. The fourth-order valence-corrected chi connectivity index (χ4v) is 3.30. The van der Waals surface area contributed by atoms with Crippen molar-refractivity contribution in [1.29, 1.82) is 0 Å². The zero-order valence-corrected chi connectivity index (χ0v) is 12.5. The van der Waals surface area contributed by atoms with Crippen molar-refractivity contribution in [2.45, 2.75) is 24.0 Å². The van der Waals surface area contributed by atoms with E-state index in [-0.39, 0.29) is 6.61 Å². The van der Waals surface area contributed by atoms with E-state index in [0.717, 1.165) is 11.3 Å². The third kappa shape index (κ3) is 4.76. The molecule has 0 bridgehead atoms. The zero-order valence-electron chi connectivity index (χ0n) is 10.8. The Morgan fingerprint density at radius 2 is 2.05 bits per heavy atom. The van der Waals surface area contributed by atoms with Gasteiger partial charge in [-0.1, -0.05) is 29.5 Å². The third-order valence-electron chi connectivity index (χ3n) is 2.53. The lowest BCUT2D eigenvalue weighted by Gasteiger charge is -1.99. The van der Waals surface area contributed by atoms with Gasteiger partial charge < -0.3 is 5.11 Å². The maximum absolute atomic E-state index is 8.68. The molecule has 2 aromatic rings. The summed E-state index contributed by atoms with van der Waals surface area (Å²) in [5.74, 6) is 6.99. The highest BCUT2D eigenvalue weighted by Crippen LogP contribution is 2.26. The second kappa shape index (κ2) is 7.40. The molecule has 2 rings (SSSR count). The molecule has 98 valence electrons. The van der Waals surface area contributed by atoms with E-state index in [9.17, 15) is 0 Å². The molecule has 0 amide bonds. The van der Waals surface area contributed by atoms with Crippen LogP contribution >= 0.6 is 23.1 Å². The molecule has 1 aromatic heterocycles. The summed E-state index contributed by atoms with van der Waals surface area (Å²) < 4.78 is 0. The minimum absolute atomic E-state index is 0.132. The highest BCUT2D eigenvalue weighted by atomic mass is 32.2. The van der Waals surface area contributed by atoms with Gasteiger partial charge in [-0.2, -0.15) is 0 Å². The van der Waals surface area contributed by atoms with Crippen LogP contribution < -0.4 is 0 Å². The lowest BCUT2D eigenvalue weighted by molar-refractivity contribution is 0.305. The van der Waals surface area contributed by atoms with Gasteiger partial charge in [0.05, 0.1) is 6.61 Å². The second-order valence-electron chi connectivity index (χ2n) is 4.18. The molecule has 0 aliphatic carbocycles. The Kier molecular flexibility index (Phi) is 5.53. The normalized spacial score (nSPS) is 10.0. The molecule has 0 radical (unpaired) electrons. The van der Waals surface area contributed by atoms with Gasteiger partial charge in [-0.15, -0.1) is 23.1 Å². The summed E-state index contributed by atoms with van der Waals surface area (Å²) in [5.41, 5.74) is 2.35. The first-order chi connectivity index (χ1) is 9.28. The smallest absolute Gasteiger partial charge is 0.0540 e. The second-order valence-corrected chi connectivity index (χ2v) is 6.22. The molecule has 0 unspecified atom stereocenters. The van der Waals surface area contributed by atoms with Crippen LogP contribution in [0.5, 0.6) is 0 Å². The summed E-state index contributed by atoms with van der Waals surface area (Å²) in [6.07, 6.45) is 0.545. The van der Waals surface area contributed by atoms with Gasteiger partial charge in [-0.05, 0) is 25.1 Å². The first-order valence-corrected chi connectivity index (χ1v) is 8.01. The Balaban J connectivity index is 1.90. The molecule has 0 saturated heterocycles. The Morgan fingerprint density at radius 3 is 2.79 bits per heavy atom. The molecule has 1 nitrogen and oxygen atoms in total. The largest absolute Gasteiger partial charge is 0.395 e. The van der Waals surface area contributed by atoms with E-state index >= 15 is 0 Å². The van der Waals surface area contributed by atoms with E-state index in [2.05, 4.69) is 54.5 Å². The van der Waals surface area contributed by atoms with Gasteiger partial charge >= 0.3 is 0 Å². The SMILES string of the molecule is Cc1ccc(SCc2cc(C#CCCO)cs2)cc1. The summed E-state index contributed by atoms with van der Waals surface area (Å²) in [5, 5.41) is 10.8. The van der Waals surface area contributed by atoms with Gasteiger partial charge in [-0.25, -0.2) is 0 Å². The number of aliphatic hydroxyl groups is 1. The maximum Gasteiger partial charge on any atom is 0.0540 e. The molecule has 1 heterocycles. The number of thioether (sulfide) groups is 1. The molecule has 19 heavy (non-hydrogen) atoms. The van der Waals surface area contributed by atoms with E-state index in [1.807, 2.05) is 11.8 Å². The molecule has 0 aliphatic heterocycles. The first kappa shape index (κ1) is 14.2. The van der Waals surface area contributed by atoms with Gasteiger partial charge in [-0.3, -0.25) is 0 Å². The maximum atomic E-state index is 8.68. The minimum Gasteiger partial charge on any atom is -0.395 e. The summed E-state index contributed by atoms with van der Waals surface area (Å²) >= 11 is 3.59. The van der Waals surface area contributed by atoms with Crippen LogP contribution in [0.1, 0.15) is 22.4 Å². The topological polar surface area (TPSA) is 20.2 Å². The highest BCUT2D eigenvalue weighted by Gasteiger charge is 2.00. The summed E-state index contributed by atoms with van der Waals surface area (Å²) in [6, 6.07) is 10.7. The predicted molar refractivity (Wildman–Crippen MR) is 83.6 cm³/mol. The summed E-state index contributed by atoms with van der Waals surface area (Å²) in [7, 11) is 0. The van der Waals surface area contributed by atoms with Crippen LogP contribution in [0.3, 0.4) is 0 Å². The lowest BCUT2D eigenvalue weighted by Crippen LogP contribution is -1.77. The van der Waals surface area contributed by atoms with Gasteiger partial charge in [0.25, 0.3) is 0 Å². The van der Waals surface area contributed by atoms with Crippen LogP contribution in [0.4, 0.5) is 0 Å². The fourth-order valence-electron chi connectivity index (χ4n) is 1.53. The van der Waals surface area contributed by atoms with Crippen LogP contribution in [-0.4, -0.2) is 11.7 Å². The van der Waals surface area contributed by atoms with Crippen molar-refractivity contribution in [1.82, 2.24) is 0 Å². The number of rotatable bonds is 4. The zero-order chi connectivity index (χ0) is 13.5. The molecular formula is C16H16OS2. The van der Waals surface area contributed by atoms with Crippen molar-refractivity contribution in [3.63, 3.8) is 0 Å². The number of benzene rings is 1. The Hall–Kier alpha value is -1.21. The molecule has 1 N–H and O–H groups in total. The summed E-state index contributed by atoms with van der Waals surface area (Å²) in [6.45, 7) is 2.23. The monoisotopic (exact) mass is 288 g/mol. The van der Waals surface area contributed by atoms with E-state index in [0.29, 0.717) is 6.42 Å². The van der Waals surface area contributed by atoms with Crippen LogP contribution in [-0.2, 0) is 5.75 Å². The Morgan fingerprint density at radius 1 is 1.26 bits per heavy atom. The number of hydrogen-bond acceptors (Lipinski definition) is 3. The molecule has 0 fully saturated rings. The van der Waals surface area contributed by atoms with Crippen LogP contribution in [0.2, 0.25) is 0 Å². The molecule has 0 spiro atoms. The lowest BCUT2D eigenvalue weighted by atomic mass is 10.2. The van der Waals surface area contributed by atoms with E-state index < -0.39 is 0 Å². The Labute approximate surface area is 122 Å². The molecule has 3 heteroatoms. The average Bonchev–Trinajstić information content (AvgIpc) is 2.86. The quantitative estimate of drug-likeness (QED) is 0.675. The molecular weight excluding hydrogens is 272 g/mol. The van der Waals surface area contributed by atoms with Crippen molar-refractivity contribution in [2.75, 3.05) is 6.61 Å². The van der Waals surface area contributed by atoms with Gasteiger partial charge in [0, 0.05) is 32.9 Å². The number of aliphatic hydroxyl groups excluding tert-OH is 1.